The van der Waals surface area contributed by atoms with Crippen LogP contribution in [0, 0.1) is 11.7 Å². The summed E-state index contributed by atoms with van der Waals surface area (Å²) in [5.41, 5.74) is 0. The first kappa shape index (κ1) is 13.0. The predicted octanol–water partition coefficient (Wildman–Crippen LogP) is 1.20. The van der Waals surface area contributed by atoms with E-state index in [0.717, 1.165) is 25.5 Å². The monoisotopic (exact) mass is 284 g/mol. The van der Waals surface area contributed by atoms with Crippen molar-refractivity contribution in [3.8, 4) is 0 Å². The van der Waals surface area contributed by atoms with Crippen LogP contribution in [-0.2, 0) is 10.0 Å². The number of rotatable bonds is 2. The Morgan fingerprint density at radius 1 is 1.32 bits per heavy atom. The number of fused-ring (bicyclic) bond motifs is 1. The average Bonchev–Trinajstić information content (AvgIpc) is 2.83. The summed E-state index contributed by atoms with van der Waals surface area (Å²) < 4.78 is 39.6. The fourth-order valence-electron chi connectivity index (χ4n) is 2.98. The Morgan fingerprint density at radius 2 is 2.16 bits per heavy atom. The van der Waals surface area contributed by atoms with Crippen molar-refractivity contribution < 1.29 is 12.8 Å². The van der Waals surface area contributed by atoms with Crippen molar-refractivity contribution in [2.45, 2.75) is 23.8 Å². The highest BCUT2D eigenvalue weighted by Gasteiger charge is 2.40. The highest BCUT2D eigenvalue weighted by molar-refractivity contribution is 7.89. The number of nitrogens with one attached hydrogen (secondary N) is 1. The fraction of sp³-hybridized carbons (Fsp3) is 0.538. The average molecular weight is 284 g/mol. The second-order valence-electron chi connectivity index (χ2n) is 5.24. The molecule has 1 aromatic rings. The molecule has 2 atom stereocenters. The standard InChI is InChI=1S/C13H17FN2O2S/c14-11-4-1-5-12(7-11)19(17,18)16-8-10-3-2-6-15-13(10)9-16/h1,4-5,7,10,13,15H,2-3,6,8-9H2/t10-,13+/m0/s1. The number of sulfonamides is 1. The predicted molar refractivity (Wildman–Crippen MR) is 69.7 cm³/mol. The molecule has 0 amide bonds. The minimum absolute atomic E-state index is 0.0474. The Balaban J connectivity index is 1.85. The minimum atomic E-state index is -3.57. The summed E-state index contributed by atoms with van der Waals surface area (Å²) in [4.78, 5) is 0.0474. The van der Waals surface area contributed by atoms with Gasteiger partial charge in [-0.15, -0.1) is 0 Å². The maximum atomic E-state index is 13.2. The molecule has 0 aliphatic carbocycles. The molecule has 0 saturated carbocycles. The van der Waals surface area contributed by atoms with E-state index in [1.54, 1.807) is 0 Å². The molecule has 2 aliphatic heterocycles. The summed E-state index contributed by atoms with van der Waals surface area (Å²) in [7, 11) is -3.57. The van der Waals surface area contributed by atoms with Crippen molar-refractivity contribution >= 4 is 10.0 Å². The number of piperidine rings is 1. The Bertz CT molecular complexity index is 562. The molecule has 0 radical (unpaired) electrons. The zero-order valence-corrected chi connectivity index (χ0v) is 11.4. The molecule has 3 rings (SSSR count). The van der Waals surface area contributed by atoms with Crippen LogP contribution in [0.5, 0.6) is 0 Å². The molecular formula is C13H17FN2O2S. The molecule has 2 fully saturated rings. The Hall–Kier alpha value is -0.980. The van der Waals surface area contributed by atoms with Crippen LogP contribution in [0.2, 0.25) is 0 Å². The van der Waals surface area contributed by atoms with Gasteiger partial charge in [0, 0.05) is 19.1 Å². The molecule has 4 nitrogen and oxygen atoms in total. The smallest absolute Gasteiger partial charge is 0.243 e. The molecule has 1 N–H and O–H groups in total. The van der Waals surface area contributed by atoms with Gasteiger partial charge < -0.3 is 5.32 Å². The zero-order chi connectivity index (χ0) is 13.5. The number of hydrogen-bond acceptors (Lipinski definition) is 3. The van der Waals surface area contributed by atoms with E-state index in [9.17, 15) is 12.8 Å². The molecule has 2 aliphatic rings. The first-order valence-electron chi connectivity index (χ1n) is 6.56. The third kappa shape index (κ3) is 2.40. The maximum absolute atomic E-state index is 13.2. The summed E-state index contributed by atoms with van der Waals surface area (Å²) in [6, 6.07) is 5.48. The van der Waals surface area contributed by atoms with E-state index in [-0.39, 0.29) is 10.9 Å². The van der Waals surface area contributed by atoms with Gasteiger partial charge in [0.05, 0.1) is 4.90 Å². The van der Waals surface area contributed by atoms with Crippen LogP contribution in [0.4, 0.5) is 4.39 Å². The van der Waals surface area contributed by atoms with Gasteiger partial charge in [-0.2, -0.15) is 4.31 Å². The fourth-order valence-corrected chi connectivity index (χ4v) is 4.53. The summed E-state index contributed by atoms with van der Waals surface area (Å²) in [5.74, 6) is -0.132. The summed E-state index contributed by atoms with van der Waals surface area (Å²) in [6.07, 6.45) is 2.15. The quantitative estimate of drug-likeness (QED) is 0.888. The molecule has 2 heterocycles. The molecular weight excluding hydrogens is 267 g/mol. The first-order valence-corrected chi connectivity index (χ1v) is 8.00. The Kier molecular flexibility index (Phi) is 3.32. The van der Waals surface area contributed by atoms with Crippen LogP contribution >= 0.6 is 0 Å². The SMILES string of the molecule is O=S(=O)(c1cccc(F)c1)N1C[C@@H]2CCCN[C@@H]2C1. The second kappa shape index (κ2) is 4.85. The molecule has 0 unspecified atom stereocenters. The summed E-state index contributed by atoms with van der Waals surface area (Å²) >= 11 is 0. The third-order valence-electron chi connectivity index (χ3n) is 4.00. The van der Waals surface area contributed by atoms with Gasteiger partial charge in [-0.05, 0) is 43.5 Å². The lowest BCUT2D eigenvalue weighted by molar-refractivity contribution is 0.339. The van der Waals surface area contributed by atoms with E-state index in [2.05, 4.69) is 5.32 Å². The molecule has 6 heteroatoms. The molecule has 0 spiro atoms. The zero-order valence-electron chi connectivity index (χ0n) is 10.5. The van der Waals surface area contributed by atoms with Gasteiger partial charge in [0.2, 0.25) is 10.0 Å². The minimum Gasteiger partial charge on any atom is -0.312 e. The van der Waals surface area contributed by atoms with Crippen molar-refractivity contribution in [2.24, 2.45) is 5.92 Å². The van der Waals surface area contributed by atoms with Gasteiger partial charge in [0.15, 0.2) is 0 Å². The van der Waals surface area contributed by atoms with E-state index in [0.29, 0.717) is 19.0 Å². The number of hydrogen-bond donors (Lipinski definition) is 1. The molecule has 104 valence electrons. The van der Waals surface area contributed by atoms with E-state index in [1.165, 1.54) is 22.5 Å². The van der Waals surface area contributed by atoms with Crippen LogP contribution in [0.15, 0.2) is 29.2 Å². The van der Waals surface area contributed by atoms with Crippen molar-refractivity contribution in [2.75, 3.05) is 19.6 Å². The van der Waals surface area contributed by atoms with Crippen LogP contribution < -0.4 is 5.32 Å². The lowest BCUT2D eigenvalue weighted by atomic mass is 9.94. The first-order chi connectivity index (χ1) is 9.07. The van der Waals surface area contributed by atoms with Crippen molar-refractivity contribution in [3.63, 3.8) is 0 Å². The molecule has 2 saturated heterocycles. The summed E-state index contributed by atoms with van der Waals surface area (Å²) in [5, 5.41) is 3.37. The molecule has 0 aromatic heterocycles. The number of benzene rings is 1. The second-order valence-corrected chi connectivity index (χ2v) is 7.18. The van der Waals surface area contributed by atoms with Gasteiger partial charge in [-0.1, -0.05) is 6.07 Å². The van der Waals surface area contributed by atoms with Crippen molar-refractivity contribution in [3.05, 3.63) is 30.1 Å². The number of halogens is 1. The molecule has 1 aromatic carbocycles. The van der Waals surface area contributed by atoms with E-state index >= 15 is 0 Å². The van der Waals surface area contributed by atoms with Crippen LogP contribution in [0.1, 0.15) is 12.8 Å². The molecule has 0 bridgehead atoms. The van der Waals surface area contributed by atoms with Gasteiger partial charge in [0.25, 0.3) is 0 Å². The van der Waals surface area contributed by atoms with Crippen LogP contribution in [0.3, 0.4) is 0 Å². The maximum Gasteiger partial charge on any atom is 0.243 e. The van der Waals surface area contributed by atoms with Crippen molar-refractivity contribution in [1.29, 1.82) is 0 Å². The lowest BCUT2D eigenvalue weighted by Crippen LogP contribution is -2.41. The van der Waals surface area contributed by atoms with Crippen LogP contribution in [0.25, 0.3) is 0 Å². The highest BCUT2D eigenvalue weighted by Crippen LogP contribution is 2.29. The third-order valence-corrected chi connectivity index (χ3v) is 5.83. The molecule has 19 heavy (non-hydrogen) atoms. The number of nitrogens with zero attached hydrogens (tertiary/aromatic N) is 1. The largest absolute Gasteiger partial charge is 0.312 e. The van der Waals surface area contributed by atoms with Gasteiger partial charge in [0.1, 0.15) is 5.82 Å². The van der Waals surface area contributed by atoms with E-state index in [1.807, 2.05) is 0 Å². The topological polar surface area (TPSA) is 49.4 Å². The van der Waals surface area contributed by atoms with Gasteiger partial charge >= 0.3 is 0 Å². The van der Waals surface area contributed by atoms with Gasteiger partial charge in [-0.25, -0.2) is 12.8 Å². The van der Waals surface area contributed by atoms with Crippen molar-refractivity contribution in [1.82, 2.24) is 9.62 Å². The Labute approximate surface area is 112 Å². The normalized spacial score (nSPS) is 28.3. The highest BCUT2D eigenvalue weighted by atomic mass is 32.2. The van der Waals surface area contributed by atoms with Crippen LogP contribution in [-0.4, -0.2) is 38.4 Å². The lowest BCUT2D eigenvalue weighted by Gasteiger charge is -2.24. The van der Waals surface area contributed by atoms with E-state index in [4.69, 9.17) is 0 Å². The Morgan fingerprint density at radius 3 is 2.89 bits per heavy atom. The summed E-state index contributed by atoms with van der Waals surface area (Å²) in [6.45, 7) is 1.98. The van der Waals surface area contributed by atoms with E-state index < -0.39 is 15.8 Å². The van der Waals surface area contributed by atoms with Gasteiger partial charge in [-0.3, -0.25) is 0 Å².